The Morgan fingerprint density at radius 2 is 1.78 bits per heavy atom. The summed E-state index contributed by atoms with van der Waals surface area (Å²) in [5, 5.41) is 2.92. The lowest BCUT2D eigenvalue weighted by Crippen LogP contribution is -2.52. The van der Waals surface area contributed by atoms with E-state index in [4.69, 9.17) is 4.74 Å². The highest BCUT2D eigenvalue weighted by atomic mass is 19.1. The summed E-state index contributed by atoms with van der Waals surface area (Å²) in [5.74, 6) is -0.364. The van der Waals surface area contributed by atoms with Gasteiger partial charge in [-0.25, -0.2) is 13.6 Å². The molecule has 0 spiro atoms. The van der Waals surface area contributed by atoms with Gasteiger partial charge >= 0.3 is 6.03 Å². The number of nitrogens with zero attached hydrogens (tertiary/aromatic N) is 2. The Bertz CT molecular complexity index is 775. The second-order valence-corrected chi connectivity index (χ2v) is 6.40. The van der Waals surface area contributed by atoms with E-state index in [-0.39, 0.29) is 6.03 Å². The second-order valence-electron chi connectivity index (χ2n) is 6.40. The molecule has 0 bridgehead atoms. The molecule has 2 aromatic rings. The number of anilines is 1. The topological polar surface area (TPSA) is 44.8 Å². The number of rotatable bonds is 5. The van der Waals surface area contributed by atoms with Gasteiger partial charge in [-0.2, -0.15) is 0 Å². The number of nitrogens with one attached hydrogen (secondary N) is 1. The third kappa shape index (κ3) is 4.87. The zero-order valence-corrected chi connectivity index (χ0v) is 15.3. The molecule has 5 nitrogen and oxygen atoms in total. The van der Waals surface area contributed by atoms with Gasteiger partial charge in [0, 0.05) is 38.8 Å². The molecular formula is C20H23F2N3O2. The molecule has 0 saturated carbocycles. The number of amides is 2. The zero-order chi connectivity index (χ0) is 19.2. The summed E-state index contributed by atoms with van der Waals surface area (Å²) in [4.78, 5) is 15.8. The summed E-state index contributed by atoms with van der Waals surface area (Å²) in [6, 6.07) is 11.2. The maximum absolute atomic E-state index is 13.9. The Labute approximate surface area is 157 Å². The number of hydrogen-bond donors (Lipinski definition) is 1. The quantitative estimate of drug-likeness (QED) is 0.874. The van der Waals surface area contributed by atoms with Crippen molar-refractivity contribution in [3.8, 4) is 5.75 Å². The van der Waals surface area contributed by atoms with Gasteiger partial charge in [0.05, 0.1) is 12.8 Å². The monoisotopic (exact) mass is 375 g/mol. The van der Waals surface area contributed by atoms with Gasteiger partial charge in [0.2, 0.25) is 0 Å². The summed E-state index contributed by atoms with van der Waals surface area (Å²) in [6.07, 6.45) is 0.733. The van der Waals surface area contributed by atoms with Crippen molar-refractivity contribution in [2.45, 2.75) is 6.42 Å². The molecule has 1 heterocycles. The Morgan fingerprint density at radius 3 is 2.41 bits per heavy atom. The van der Waals surface area contributed by atoms with Crippen LogP contribution in [0.15, 0.2) is 42.5 Å². The molecule has 7 heteroatoms. The van der Waals surface area contributed by atoms with E-state index < -0.39 is 11.6 Å². The highest BCUT2D eigenvalue weighted by Gasteiger charge is 2.22. The van der Waals surface area contributed by atoms with E-state index in [2.05, 4.69) is 5.32 Å². The van der Waals surface area contributed by atoms with Crippen LogP contribution in [0.2, 0.25) is 0 Å². The molecule has 144 valence electrons. The summed E-state index contributed by atoms with van der Waals surface area (Å²) >= 11 is 0. The number of methoxy groups -OCH3 is 1. The number of benzene rings is 2. The minimum atomic E-state index is -0.592. The smallest absolute Gasteiger partial charge is 0.317 e. The molecule has 1 N–H and O–H groups in total. The summed E-state index contributed by atoms with van der Waals surface area (Å²) in [6.45, 7) is 2.54. The first-order valence-corrected chi connectivity index (χ1v) is 8.92. The third-order valence-electron chi connectivity index (χ3n) is 4.67. The van der Waals surface area contributed by atoms with Crippen molar-refractivity contribution in [2.75, 3.05) is 44.7 Å². The minimum absolute atomic E-state index is 0.122. The van der Waals surface area contributed by atoms with Crippen molar-refractivity contribution < 1.29 is 18.3 Å². The lowest BCUT2D eigenvalue weighted by atomic mass is 10.1. The Hall–Kier alpha value is -2.83. The van der Waals surface area contributed by atoms with Crippen LogP contribution in [-0.2, 0) is 6.42 Å². The minimum Gasteiger partial charge on any atom is -0.497 e. The lowest BCUT2D eigenvalue weighted by Gasteiger charge is -2.36. The fourth-order valence-corrected chi connectivity index (χ4v) is 3.11. The maximum atomic E-state index is 13.9. The number of urea groups is 1. The van der Waals surface area contributed by atoms with Crippen LogP contribution < -0.4 is 15.0 Å². The lowest BCUT2D eigenvalue weighted by molar-refractivity contribution is 0.194. The Balaban J connectivity index is 1.44. The van der Waals surface area contributed by atoms with Crippen molar-refractivity contribution in [2.24, 2.45) is 0 Å². The molecule has 1 saturated heterocycles. The van der Waals surface area contributed by atoms with Crippen LogP contribution >= 0.6 is 0 Å². The average molecular weight is 375 g/mol. The standard InChI is InChI=1S/C20H23F2N3O2/c1-27-17-5-2-15(3-6-17)8-9-23-20(26)25-12-10-24(11-13-25)19-7-4-16(21)14-18(19)22/h2-7,14H,8-13H2,1H3,(H,23,26). The van der Waals surface area contributed by atoms with Crippen molar-refractivity contribution in [3.63, 3.8) is 0 Å². The van der Waals surface area contributed by atoms with Gasteiger partial charge in [0.1, 0.15) is 17.4 Å². The predicted molar refractivity (Wildman–Crippen MR) is 100 cm³/mol. The molecular weight excluding hydrogens is 352 g/mol. The van der Waals surface area contributed by atoms with Crippen LogP contribution in [0.4, 0.5) is 19.3 Å². The van der Waals surface area contributed by atoms with Crippen LogP contribution in [-0.4, -0.2) is 50.8 Å². The molecule has 1 aliphatic heterocycles. The first-order valence-electron chi connectivity index (χ1n) is 8.92. The average Bonchev–Trinajstić information content (AvgIpc) is 2.68. The van der Waals surface area contributed by atoms with Crippen molar-refractivity contribution in [1.29, 1.82) is 0 Å². The van der Waals surface area contributed by atoms with Gasteiger partial charge in [-0.05, 0) is 36.2 Å². The van der Waals surface area contributed by atoms with E-state index in [0.717, 1.165) is 23.8 Å². The molecule has 0 radical (unpaired) electrons. The molecule has 1 fully saturated rings. The molecule has 0 atom stereocenters. The molecule has 27 heavy (non-hydrogen) atoms. The van der Waals surface area contributed by atoms with Gasteiger partial charge in [0.25, 0.3) is 0 Å². The van der Waals surface area contributed by atoms with Crippen LogP contribution in [0.25, 0.3) is 0 Å². The number of carbonyl (C=O) groups excluding carboxylic acids is 1. The fourth-order valence-electron chi connectivity index (χ4n) is 3.11. The summed E-state index contributed by atoms with van der Waals surface area (Å²) < 4.78 is 32.0. The number of carbonyl (C=O) groups is 1. The summed E-state index contributed by atoms with van der Waals surface area (Å²) in [7, 11) is 1.62. The Morgan fingerprint density at radius 1 is 1.07 bits per heavy atom. The summed E-state index contributed by atoms with van der Waals surface area (Å²) in [5.41, 5.74) is 1.49. The van der Waals surface area contributed by atoms with Crippen molar-refractivity contribution >= 4 is 11.7 Å². The van der Waals surface area contributed by atoms with E-state index in [1.807, 2.05) is 29.2 Å². The number of halogens is 2. The van der Waals surface area contributed by atoms with Gasteiger partial charge < -0.3 is 19.9 Å². The first kappa shape index (κ1) is 18.9. The molecule has 0 aliphatic carbocycles. The second kappa shape index (κ2) is 8.70. The van der Waals surface area contributed by atoms with E-state index in [1.165, 1.54) is 12.1 Å². The molecule has 0 unspecified atom stereocenters. The predicted octanol–water partition coefficient (Wildman–Crippen LogP) is 3.05. The molecule has 1 aliphatic rings. The van der Waals surface area contributed by atoms with Crippen molar-refractivity contribution in [1.82, 2.24) is 10.2 Å². The fraction of sp³-hybridized carbons (Fsp3) is 0.350. The SMILES string of the molecule is COc1ccc(CCNC(=O)N2CCN(c3ccc(F)cc3F)CC2)cc1. The Kier molecular flexibility index (Phi) is 6.11. The molecule has 3 rings (SSSR count). The van der Waals surface area contributed by atoms with Crippen LogP contribution in [0.5, 0.6) is 5.75 Å². The molecule has 2 aromatic carbocycles. The first-order chi connectivity index (χ1) is 13.1. The largest absolute Gasteiger partial charge is 0.497 e. The number of hydrogen-bond acceptors (Lipinski definition) is 3. The maximum Gasteiger partial charge on any atom is 0.317 e. The van der Waals surface area contributed by atoms with Gasteiger partial charge in [-0.15, -0.1) is 0 Å². The van der Waals surface area contributed by atoms with Crippen LogP contribution in [0, 0.1) is 11.6 Å². The van der Waals surface area contributed by atoms with Gasteiger partial charge in [-0.3, -0.25) is 0 Å². The van der Waals surface area contributed by atoms with E-state index >= 15 is 0 Å². The normalized spacial score (nSPS) is 14.2. The zero-order valence-electron chi connectivity index (χ0n) is 15.3. The number of ether oxygens (including phenoxy) is 1. The van der Waals surface area contributed by atoms with E-state index in [9.17, 15) is 13.6 Å². The van der Waals surface area contributed by atoms with Crippen LogP contribution in [0.3, 0.4) is 0 Å². The van der Waals surface area contributed by atoms with E-state index in [0.29, 0.717) is 38.4 Å². The van der Waals surface area contributed by atoms with Crippen molar-refractivity contribution in [3.05, 3.63) is 59.7 Å². The van der Waals surface area contributed by atoms with Crippen LogP contribution in [0.1, 0.15) is 5.56 Å². The van der Waals surface area contributed by atoms with Gasteiger partial charge in [-0.1, -0.05) is 12.1 Å². The highest BCUT2D eigenvalue weighted by molar-refractivity contribution is 5.74. The van der Waals surface area contributed by atoms with E-state index in [1.54, 1.807) is 12.0 Å². The number of piperazine rings is 1. The molecule has 0 aromatic heterocycles. The van der Waals surface area contributed by atoms with Gasteiger partial charge in [0.15, 0.2) is 0 Å². The molecule has 2 amide bonds. The third-order valence-corrected chi connectivity index (χ3v) is 4.67. The highest BCUT2D eigenvalue weighted by Crippen LogP contribution is 2.21.